The van der Waals surface area contributed by atoms with Crippen molar-refractivity contribution in [1.82, 2.24) is 0 Å². The number of ether oxygens (including phenoxy) is 1. The molecule has 0 unspecified atom stereocenters. The fourth-order valence-corrected chi connectivity index (χ4v) is 2.20. The third kappa shape index (κ3) is 4.65. The first-order chi connectivity index (χ1) is 7.51. The lowest BCUT2D eigenvalue weighted by Gasteiger charge is -2.37. The van der Waals surface area contributed by atoms with Gasteiger partial charge in [0.05, 0.1) is 6.61 Å². The van der Waals surface area contributed by atoms with Crippen molar-refractivity contribution in [3.63, 3.8) is 0 Å². The van der Waals surface area contributed by atoms with Crippen LogP contribution in [0.1, 0.15) is 46.5 Å². The van der Waals surface area contributed by atoms with Gasteiger partial charge < -0.3 is 4.74 Å². The van der Waals surface area contributed by atoms with Gasteiger partial charge in [-0.3, -0.25) is 0 Å². The number of hydrogen-bond acceptors (Lipinski definition) is 1. The molecule has 0 N–H and O–H groups in total. The molecule has 0 rings (SSSR count). The number of unbranched alkanes of at least 4 members (excludes halogenated alkanes) is 1. The topological polar surface area (TPSA) is 9.23 Å². The first-order valence-corrected chi connectivity index (χ1v) is 6.25. The van der Waals surface area contributed by atoms with Crippen molar-refractivity contribution in [1.29, 1.82) is 0 Å². The molecule has 1 nitrogen and oxygen atoms in total. The van der Waals surface area contributed by atoms with Crippen LogP contribution in [0.2, 0.25) is 0 Å². The lowest BCUT2D eigenvalue weighted by molar-refractivity contribution is 0.00839. The van der Waals surface area contributed by atoms with Gasteiger partial charge in [0.25, 0.3) is 0 Å². The van der Waals surface area contributed by atoms with Gasteiger partial charge >= 0.3 is 0 Å². The van der Waals surface area contributed by atoms with Crippen molar-refractivity contribution in [3.8, 4) is 0 Å². The molecule has 0 aliphatic heterocycles. The number of methoxy groups -OCH3 is 1. The molecule has 0 aromatic rings. The van der Waals surface area contributed by atoms with Crippen LogP contribution in [-0.4, -0.2) is 19.9 Å². The Morgan fingerprint density at radius 1 is 1.50 bits per heavy atom. The largest absolute Gasteiger partial charge is 0.384 e. The van der Waals surface area contributed by atoms with Crippen molar-refractivity contribution < 1.29 is 9.13 Å². The zero-order valence-corrected chi connectivity index (χ0v) is 11.3. The minimum atomic E-state index is -0.733. The van der Waals surface area contributed by atoms with Crippen LogP contribution < -0.4 is 0 Å². The van der Waals surface area contributed by atoms with E-state index in [-0.39, 0.29) is 11.3 Å². The maximum Gasteiger partial charge on any atom is 0.103 e. The van der Waals surface area contributed by atoms with E-state index in [2.05, 4.69) is 13.5 Å². The molecule has 0 saturated carbocycles. The summed E-state index contributed by atoms with van der Waals surface area (Å²) in [5, 5.41) is 0. The van der Waals surface area contributed by atoms with Crippen molar-refractivity contribution in [3.05, 3.63) is 12.7 Å². The smallest absolute Gasteiger partial charge is 0.103 e. The van der Waals surface area contributed by atoms with Gasteiger partial charge in [-0.25, -0.2) is 4.39 Å². The molecule has 2 heteroatoms. The molecule has 0 saturated heterocycles. The number of hydrogen-bond donors (Lipinski definition) is 0. The van der Waals surface area contributed by atoms with E-state index in [1.54, 1.807) is 7.11 Å². The van der Waals surface area contributed by atoms with Gasteiger partial charge in [-0.15, -0.1) is 6.58 Å². The monoisotopic (exact) mass is 230 g/mol. The summed E-state index contributed by atoms with van der Waals surface area (Å²) in [6.45, 7) is 10.4. The van der Waals surface area contributed by atoms with Crippen LogP contribution in [0.4, 0.5) is 4.39 Å². The van der Waals surface area contributed by atoms with Gasteiger partial charge in [0, 0.05) is 7.11 Å². The number of allylic oxidation sites excluding steroid dienone is 1. The van der Waals surface area contributed by atoms with E-state index in [4.69, 9.17) is 4.74 Å². The van der Waals surface area contributed by atoms with Crippen LogP contribution >= 0.6 is 0 Å². The summed E-state index contributed by atoms with van der Waals surface area (Å²) in [6.07, 6.45) is 4.82. The van der Waals surface area contributed by atoms with E-state index < -0.39 is 6.17 Å². The predicted octanol–water partition coefficient (Wildman–Crippen LogP) is 4.38. The Balaban J connectivity index is 4.45. The second-order valence-electron chi connectivity index (χ2n) is 4.98. The molecule has 3 atom stereocenters. The molecule has 16 heavy (non-hydrogen) atoms. The molecule has 0 radical (unpaired) electrons. The molecule has 0 aromatic carbocycles. The highest BCUT2D eigenvalue weighted by molar-refractivity contribution is 4.85. The molecule has 0 heterocycles. The number of rotatable bonds is 9. The van der Waals surface area contributed by atoms with E-state index >= 15 is 0 Å². The van der Waals surface area contributed by atoms with E-state index in [1.807, 2.05) is 19.9 Å². The maximum absolute atomic E-state index is 13.8. The highest BCUT2D eigenvalue weighted by Gasteiger charge is 2.35. The number of halogens is 1. The first kappa shape index (κ1) is 15.6. The van der Waals surface area contributed by atoms with E-state index in [0.717, 1.165) is 19.3 Å². The van der Waals surface area contributed by atoms with Crippen LogP contribution in [0.15, 0.2) is 12.7 Å². The van der Waals surface area contributed by atoms with Gasteiger partial charge in [0.1, 0.15) is 6.17 Å². The Hall–Kier alpha value is -0.370. The molecule has 0 aromatic heterocycles. The fourth-order valence-electron chi connectivity index (χ4n) is 2.20. The summed E-state index contributed by atoms with van der Waals surface area (Å²) < 4.78 is 19.0. The van der Waals surface area contributed by atoms with Crippen LogP contribution in [0.5, 0.6) is 0 Å². The first-order valence-electron chi connectivity index (χ1n) is 6.25. The maximum atomic E-state index is 13.8. The lowest BCUT2D eigenvalue weighted by Crippen LogP contribution is -2.36. The minimum absolute atomic E-state index is 0.0438. The Morgan fingerprint density at radius 3 is 2.56 bits per heavy atom. The summed E-state index contributed by atoms with van der Waals surface area (Å²) in [7, 11) is 1.69. The van der Waals surface area contributed by atoms with Crippen molar-refractivity contribution in [2.75, 3.05) is 13.7 Å². The Morgan fingerprint density at radius 2 is 2.12 bits per heavy atom. The van der Waals surface area contributed by atoms with Crippen LogP contribution in [0, 0.1) is 11.3 Å². The van der Waals surface area contributed by atoms with Gasteiger partial charge in [-0.1, -0.05) is 26.8 Å². The van der Waals surface area contributed by atoms with Gasteiger partial charge in [-0.2, -0.15) is 0 Å². The summed E-state index contributed by atoms with van der Waals surface area (Å²) in [6, 6.07) is 0. The second-order valence-corrected chi connectivity index (χ2v) is 4.98. The van der Waals surface area contributed by atoms with Gasteiger partial charge in [0.15, 0.2) is 0 Å². The molecule has 0 fully saturated rings. The molecule has 0 spiro atoms. The summed E-state index contributed by atoms with van der Waals surface area (Å²) in [4.78, 5) is 0. The molecule has 0 aliphatic rings. The summed E-state index contributed by atoms with van der Waals surface area (Å²) >= 11 is 0. The minimum Gasteiger partial charge on any atom is -0.384 e. The van der Waals surface area contributed by atoms with Crippen molar-refractivity contribution >= 4 is 0 Å². The molecular formula is C14H27FO. The highest BCUT2D eigenvalue weighted by atomic mass is 19.1. The molecular weight excluding hydrogens is 203 g/mol. The molecule has 0 aliphatic carbocycles. The average Bonchev–Trinajstić information content (AvgIpc) is 2.27. The Kier molecular flexibility index (Phi) is 7.65. The summed E-state index contributed by atoms with van der Waals surface area (Å²) in [5.41, 5.74) is -0.0623. The molecule has 0 bridgehead atoms. The lowest BCUT2D eigenvalue weighted by atomic mass is 9.72. The van der Waals surface area contributed by atoms with Crippen molar-refractivity contribution in [2.45, 2.75) is 52.6 Å². The normalized spacial score (nSPS) is 18.8. The van der Waals surface area contributed by atoms with Crippen molar-refractivity contribution in [2.24, 2.45) is 11.3 Å². The zero-order valence-electron chi connectivity index (χ0n) is 11.3. The quantitative estimate of drug-likeness (QED) is 0.422. The third-order valence-corrected chi connectivity index (χ3v) is 3.66. The van der Waals surface area contributed by atoms with Crippen LogP contribution in [0.3, 0.4) is 0 Å². The zero-order chi connectivity index (χ0) is 12.6. The third-order valence-electron chi connectivity index (χ3n) is 3.66. The standard InChI is InChI=1S/C14H27FO/c1-6-8-9-10-14(4,11-16-5)12(3)13(15)7-2/h6,12-13H,1,7-11H2,2-5H3/t12-,13+,14+/m1/s1. The van der Waals surface area contributed by atoms with E-state index in [9.17, 15) is 4.39 Å². The summed E-state index contributed by atoms with van der Waals surface area (Å²) in [5.74, 6) is 0.0438. The highest BCUT2D eigenvalue weighted by Crippen LogP contribution is 2.37. The van der Waals surface area contributed by atoms with Gasteiger partial charge in [0.2, 0.25) is 0 Å². The Bertz CT molecular complexity index is 193. The molecule has 96 valence electrons. The molecule has 0 amide bonds. The van der Waals surface area contributed by atoms with E-state index in [1.165, 1.54) is 0 Å². The fraction of sp³-hybridized carbons (Fsp3) is 0.857. The SMILES string of the molecule is C=CCCC[C@@](C)(COC)[C@H](C)[C@@H](F)CC. The van der Waals surface area contributed by atoms with Gasteiger partial charge in [-0.05, 0) is 37.0 Å². The van der Waals surface area contributed by atoms with Crippen LogP contribution in [0.25, 0.3) is 0 Å². The number of alkyl halides is 1. The van der Waals surface area contributed by atoms with E-state index in [0.29, 0.717) is 13.0 Å². The van der Waals surface area contributed by atoms with Crippen LogP contribution in [-0.2, 0) is 4.74 Å². The predicted molar refractivity (Wildman–Crippen MR) is 68.4 cm³/mol. The average molecular weight is 230 g/mol. The second kappa shape index (κ2) is 7.83. The Labute approximate surface area is 100 Å².